The van der Waals surface area contributed by atoms with Crippen molar-refractivity contribution in [3.05, 3.63) is 34.6 Å². The number of aromatic amines is 1. The number of hydrogen-bond acceptors (Lipinski definition) is 5. The summed E-state index contributed by atoms with van der Waals surface area (Å²) in [5, 5.41) is 10.2. The van der Waals surface area contributed by atoms with E-state index in [1.807, 2.05) is 0 Å². The SMILES string of the molecule is Nc1cc(-c2nc(-c3cc(F)cc(Br)c3)no2)[nH]n1. The van der Waals surface area contributed by atoms with Crippen LogP contribution in [0.4, 0.5) is 10.2 Å². The molecule has 6 nitrogen and oxygen atoms in total. The first kappa shape index (κ1) is 11.8. The summed E-state index contributed by atoms with van der Waals surface area (Å²) in [6.45, 7) is 0. The highest BCUT2D eigenvalue weighted by atomic mass is 79.9. The van der Waals surface area contributed by atoms with E-state index in [-0.39, 0.29) is 17.5 Å². The molecule has 0 bridgehead atoms. The van der Waals surface area contributed by atoms with Crippen LogP contribution in [0.15, 0.2) is 33.3 Å². The molecule has 0 fully saturated rings. The number of nitrogens with two attached hydrogens (primary N) is 1. The van der Waals surface area contributed by atoms with E-state index in [4.69, 9.17) is 10.3 Å². The Labute approximate surface area is 115 Å². The summed E-state index contributed by atoms with van der Waals surface area (Å²) < 4.78 is 19.0. The zero-order chi connectivity index (χ0) is 13.4. The van der Waals surface area contributed by atoms with Crippen LogP contribution < -0.4 is 5.73 Å². The van der Waals surface area contributed by atoms with Gasteiger partial charge in [0.1, 0.15) is 17.3 Å². The molecule has 3 rings (SSSR count). The fourth-order valence-corrected chi connectivity index (χ4v) is 2.05. The van der Waals surface area contributed by atoms with E-state index in [0.29, 0.717) is 21.5 Å². The average molecular weight is 324 g/mol. The second-order valence-electron chi connectivity index (χ2n) is 3.79. The van der Waals surface area contributed by atoms with Crippen molar-refractivity contribution in [2.75, 3.05) is 5.73 Å². The van der Waals surface area contributed by atoms with Crippen LogP contribution >= 0.6 is 15.9 Å². The number of halogens is 2. The van der Waals surface area contributed by atoms with Crippen LogP contribution in [-0.2, 0) is 0 Å². The van der Waals surface area contributed by atoms with E-state index in [1.165, 1.54) is 12.1 Å². The molecule has 0 spiro atoms. The molecule has 0 radical (unpaired) electrons. The third-order valence-electron chi connectivity index (χ3n) is 2.37. The number of nitrogens with one attached hydrogen (secondary N) is 1. The molecule has 19 heavy (non-hydrogen) atoms. The second-order valence-corrected chi connectivity index (χ2v) is 4.70. The summed E-state index contributed by atoms with van der Waals surface area (Å²) in [5.74, 6) is 0.452. The van der Waals surface area contributed by atoms with Crippen molar-refractivity contribution < 1.29 is 8.91 Å². The monoisotopic (exact) mass is 323 g/mol. The van der Waals surface area contributed by atoms with Gasteiger partial charge in [0.2, 0.25) is 5.82 Å². The number of rotatable bonds is 2. The number of nitrogens with zero attached hydrogens (tertiary/aromatic N) is 3. The van der Waals surface area contributed by atoms with E-state index in [1.54, 1.807) is 12.1 Å². The summed E-state index contributed by atoms with van der Waals surface area (Å²) in [6.07, 6.45) is 0. The van der Waals surface area contributed by atoms with Gasteiger partial charge in [0.05, 0.1) is 0 Å². The van der Waals surface area contributed by atoms with Gasteiger partial charge >= 0.3 is 0 Å². The molecule has 3 aromatic rings. The van der Waals surface area contributed by atoms with E-state index in [9.17, 15) is 4.39 Å². The molecule has 1 aromatic carbocycles. The zero-order valence-corrected chi connectivity index (χ0v) is 11.0. The number of benzene rings is 1. The smallest absolute Gasteiger partial charge is 0.276 e. The quantitative estimate of drug-likeness (QED) is 0.756. The Morgan fingerprint density at radius 2 is 2.11 bits per heavy atom. The fourth-order valence-electron chi connectivity index (χ4n) is 1.58. The standard InChI is InChI=1S/C11H7BrFN5O/c12-6-1-5(2-7(13)3-6)10-15-11(19-18-10)8-4-9(14)17-16-8/h1-4H,(H3,14,16,17). The lowest BCUT2D eigenvalue weighted by atomic mass is 10.2. The van der Waals surface area contributed by atoms with Crippen molar-refractivity contribution in [3.8, 4) is 23.0 Å². The normalized spacial score (nSPS) is 10.8. The first-order valence-corrected chi connectivity index (χ1v) is 6.02. The van der Waals surface area contributed by atoms with E-state index < -0.39 is 0 Å². The van der Waals surface area contributed by atoms with Gasteiger partial charge in [-0.15, -0.1) is 0 Å². The van der Waals surface area contributed by atoms with Gasteiger partial charge in [0.25, 0.3) is 5.89 Å². The number of anilines is 1. The molecule has 0 saturated heterocycles. The summed E-state index contributed by atoms with van der Waals surface area (Å²) in [7, 11) is 0. The number of H-pyrrole nitrogens is 1. The van der Waals surface area contributed by atoms with Crippen molar-refractivity contribution >= 4 is 21.7 Å². The van der Waals surface area contributed by atoms with Crippen LogP contribution in [0.3, 0.4) is 0 Å². The second kappa shape index (κ2) is 4.47. The molecule has 0 saturated carbocycles. The van der Waals surface area contributed by atoms with Gasteiger partial charge in [-0.25, -0.2) is 4.39 Å². The maximum absolute atomic E-state index is 13.3. The minimum absolute atomic E-state index is 0.236. The van der Waals surface area contributed by atoms with Gasteiger partial charge in [-0.1, -0.05) is 21.1 Å². The van der Waals surface area contributed by atoms with Crippen LogP contribution in [0.25, 0.3) is 23.0 Å². The van der Waals surface area contributed by atoms with Gasteiger partial charge in [0.15, 0.2) is 0 Å². The van der Waals surface area contributed by atoms with E-state index in [2.05, 4.69) is 36.3 Å². The number of aromatic nitrogens is 4. The van der Waals surface area contributed by atoms with Crippen LogP contribution in [0.2, 0.25) is 0 Å². The van der Waals surface area contributed by atoms with Gasteiger partial charge in [-0.2, -0.15) is 10.1 Å². The summed E-state index contributed by atoms with van der Waals surface area (Å²) in [6, 6.07) is 5.93. The van der Waals surface area contributed by atoms with Crippen molar-refractivity contribution in [2.24, 2.45) is 0 Å². The Kier molecular flexibility index (Phi) is 2.79. The maximum Gasteiger partial charge on any atom is 0.276 e. The molecule has 0 unspecified atom stereocenters. The summed E-state index contributed by atoms with van der Waals surface area (Å²) in [4.78, 5) is 4.15. The molecule has 3 N–H and O–H groups in total. The minimum Gasteiger partial charge on any atom is -0.382 e. The average Bonchev–Trinajstić information content (AvgIpc) is 2.95. The van der Waals surface area contributed by atoms with E-state index >= 15 is 0 Å². The predicted molar refractivity (Wildman–Crippen MR) is 69.4 cm³/mol. The fraction of sp³-hybridized carbons (Fsp3) is 0. The highest BCUT2D eigenvalue weighted by Gasteiger charge is 2.13. The molecule has 0 aliphatic rings. The van der Waals surface area contributed by atoms with Gasteiger partial charge in [0, 0.05) is 16.1 Å². The van der Waals surface area contributed by atoms with Crippen LogP contribution in [-0.4, -0.2) is 20.3 Å². The topological polar surface area (TPSA) is 93.6 Å². The molecular formula is C11H7BrFN5O. The molecule has 8 heteroatoms. The molecular weight excluding hydrogens is 317 g/mol. The number of hydrogen-bond donors (Lipinski definition) is 2. The lowest BCUT2D eigenvalue weighted by Crippen LogP contribution is -1.84. The van der Waals surface area contributed by atoms with Crippen molar-refractivity contribution in [2.45, 2.75) is 0 Å². The highest BCUT2D eigenvalue weighted by molar-refractivity contribution is 9.10. The molecule has 0 aliphatic carbocycles. The Bertz CT molecular complexity index is 718. The third-order valence-corrected chi connectivity index (χ3v) is 2.83. The van der Waals surface area contributed by atoms with Gasteiger partial charge in [-0.05, 0) is 18.2 Å². The highest BCUT2D eigenvalue weighted by Crippen LogP contribution is 2.25. The number of nitrogen functional groups attached to an aromatic ring is 1. The molecule has 2 aromatic heterocycles. The minimum atomic E-state index is -0.387. The molecule has 0 atom stereocenters. The lowest BCUT2D eigenvalue weighted by molar-refractivity contribution is 0.431. The Morgan fingerprint density at radius 1 is 1.26 bits per heavy atom. The predicted octanol–water partition coefficient (Wildman–Crippen LogP) is 2.61. The third kappa shape index (κ3) is 2.34. The van der Waals surface area contributed by atoms with Crippen molar-refractivity contribution in [1.29, 1.82) is 0 Å². The van der Waals surface area contributed by atoms with E-state index in [0.717, 1.165) is 0 Å². The first-order valence-electron chi connectivity index (χ1n) is 5.23. The van der Waals surface area contributed by atoms with Crippen molar-refractivity contribution in [3.63, 3.8) is 0 Å². The largest absolute Gasteiger partial charge is 0.382 e. The van der Waals surface area contributed by atoms with Crippen LogP contribution in [0, 0.1) is 5.82 Å². The molecule has 0 amide bonds. The van der Waals surface area contributed by atoms with Gasteiger partial charge < -0.3 is 10.3 Å². The lowest BCUT2D eigenvalue weighted by Gasteiger charge is -1.96. The summed E-state index contributed by atoms with van der Waals surface area (Å²) in [5.41, 5.74) is 6.50. The van der Waals surface area contributed by atoms with Crippen molar-refractivity contribution in [1.82, 2.24) is 20.3 Å². The Morgan fingerprint density at radius 3 is 2.79 bits per heavy atom. The van der Waals surface area contributed by atoms with Crippen LogP contribution in [0.1, 0.15) is 0 Å². The molecule has 96 valence electrons. The van der Waals surface area contributed by atoms with Gasteiger partial charge in [-0.3, -0.25) is 5.10 Å². The van der Waals surface area contributed by atoms with Crippen LogP contribution in [0.5, 0.6) is 0 Å². The molecule has 2 heterocycles. The Balaban J connectivity index is 2.01. The maximum atomic E-state index is 13.3. The first-order chi connectivity index (χ1) is 9.11. The molecule has 0 aliphatic heterocycles. The summed E-state index contributed by atoms with van der Waals surface area (Å²) >= 11 is 3.21. The zero-order valence-electron chi connectivity index (χ0n) is 9.39. The Hall–Kier alpha value is -2.22.